The van der Waals surface area contributed by atoms with Crippen LogP contribution in [-0.4, -0.2) is 243 Å². The lowest BCUT2D eigenvalue weighted by Crippen LogP contribution is -2.42. The number of imidazole rings is 5. The van der Waals surface area contributed by atoms with Crippen LogP contribution in [0.25, 0.3) is 85.2 Å². The van der Waals surface area contributed by atoms with Gasteiger partial charge < -0.3 is 30.2 Å². The highest BCUT2D eigenvalue weighted by atomic mass is 32.2. The van der Waals surface area contributed by atoms with E-state index < -0.39 is 79.1 Å². The third-order valence-corrected chi connectivity index (χ3v) is 27.9. The number of piperidine rings is 1. The fourth-order valence-electron chi connectivity index (χ4n) is 17.6. The Labute approximate surface area is 819 Å². The van der Waals surface area contributed by atoms with Gasteiger partial charge in [0.1, 0.15) is 118 Å². The molecule has 20 heterocycles. The minimum atomic E-state index is -3.25. The first-order valence-electron chi connectivity index (χ1n) is 45.2. The van der Waals surface area contributed by atoms with Crippen LogP contribution in [0.4, 0.5) is 84.4 Å². The van der Waals surface area contributed by atoms with Gasteiger partial charge in [-0.1, -0.05) is 43.3 Å². The highest BCUT2D eigenvalue weighted by Crippen LogP contribution is 2.42. The summed E-state index contributed by atoms with van der Waals surface area (Å²) in [4.78, 5) is 86.1. The van der Waals surface area contributed by atoms with Crippen LogP contribution in [0.15, 0.2) is 202 Å². The summed E-state index contributed by atoms with van der Waals surface area (Å²) in [6, 6.07) is 38.2. The molecular formula is C92H89F10N33O7S3. The number of nitrogens with one attached hydrogen (secondary N) is 2. The molecular weight excluding hydrogens is 1970 g/mol. The lowest BCUT2D eigenvalue weighted by atomic mass is 9.99. The van der Waals surface area contributed by atoms with Crippen molar-refractivity contribution in [2.45, 2.75) is 82.3 Å². The fraction of sp³-hybridized carbons (Fsp3) is 0.315. The van der Waals surface area contributed by atoms with Crippen molar-refractivity contribution in [3.05, 3.63) is 242 Å². The lowest BCUT2D eigenvalue weighted by molar-refractivity contribution is -0.119. The van der Waals surface area contributed by atoms with Gasteiger partial charge in [-0.15, -0.1) is 0 Å². The Kier molecular flexibility index (Phi) is 29.0. The molecule has 2 aromatic carbocycles. The van der Waals surface area contributed by atoms with Gasteiger partial charge in [0.05, 0.1) is 83.1 Å². The molecule has 0 spiro atoms. The van der Waals surface area contributed by atoms with Gasteiger partial charge in [0.2, 0.25) is 26.0 Å². The second-order valence-electron chi connectivity index (χ2n) is 34.7. The molecule has 53 heteroatoms. The van der Waals surface area contributed by atoms with Gasteiger partial charge >= 0.3 is 0 Å². The number of aromatic nitrogens is 25. The number of nitrogens with two attached hydrogens (primary N) is 1. The number of rotatable bonds is 24. The number of sulfone groups is 1. The number of carbonyl (C=O) groups excluding carboxylic acids is 1. The van der Waals surface area contributed by atoms with Gasteiger partial charge in [0, 0.05) is 113 Å². The van der Waals surface area contributed by atoms with Gasteiger partial charge in [-0.2, -0.15) is 25.5 Å². The van der Waals surface area contributed by atoms with Crippen LogP contribution in [0.1, 0.15) is 110 Å². The van der Waals surface area contributed by atoms with Crippen molar-refractivity contribution in [2.75, 3.05) is 109 Å². The Morgan fingerprint density at radius 3 is 1.17 bits per heavy atom. The quantitative estimate of drug-likeness (QED) is 0.0473. The first kappa shape index (κ1) is 99.6. The number of hydrogen-bond donors (Lipinski definition) is 3. The molecule has 5 atom stereocenters. The average molecular weight is 2060 g/mol. The number of amides is 1. The molecule has 40 nitrogen and oxygen atoms in total. The van der Waals surface area contributed by atoms with E-state index in [2.05, 4.69) is 143 Å². The Bertz CT molecular complexity index is 7990. The maximum atomic E-state index is 13.1. The van der Waals surface area contributed by atoms with Crippen molar-refractivity contribution < 1.29 is 74.0 Å². The molecule has 17 aromatic rings. The second kappa shape index (κ2) is 42.2. The number of benzene rings is 2. The Morgan fingerprint density at radius 1 is 0.393 bits per heavy atom. The molecule has 0 bridgehead atoms. The number of hydrogen-bond acceptors (Lipinski definition) is 32. The predicted molar refractivity (Wildman–Crippen MR) is 513 cm³/mol. The molecule has 5 unspecified atom stereocenters. The smallest absolute Gasteiger partial charge is 0.282 e. The number of fused-ring (bicyclic) bond motifs is 7. The summed E-state index contributed by atoms with van der Waals surface area (Å²) in [5.74, 6) is 3.18. The summed E-state index contributed by atoms with van der Waals surface area (Å²) in [7, 11) is -9.57. The fourth-order valence-corrected chi connectivity index (χ4v) is 19.6. The maximum absolute atomic E-state index is 13.1. The summed E-state index contributed by atoms with van der Waals surface area (Å²) in [5, 5.41) is 19.4. The topological polar surface area (TPSA) is 466 Å². The monoisotopic (exact) mass is 2050 g/mol. The van der Waals surface area contributed by atoms with Crippen LogP contribution in [0.3, 0.4) is 0 Å². The number of halogens is 10. The van der Waals surface area contributed by atoms with Gasteiger partial charge in [-0.25, -0.2) is 176 Å². The Hall–Kier alpha value is -15.5. The minimum absolute atomic E-state index is 0.143. The summed E-state index contributed by atoms with van der Waals surface area (Å²) >= 11 is 0. The third kappa shape index (κ3) is 22.6. The molecule has 3 fully saturated rings. The average Bonchev–Trinajstić information content (AvgIpc) is 1.65. The van der Waals surface area contributed by atoms with Crippen LogP contribution in [0, 0.1) is 17.8 Å². The number of sulfonamides is 2. The number of para-hydroxylation sites is 2. The SMILES string of the molecule is CC1CN(c2cc(-c3cnc4ccc(C(F)F)nn34)ncn2)CC1CNS(C)(=O)=O.CS(=O)(=O)C1CCCN(c2cc(-c3cnc4ccc(C(F)F)nn34)ncn2)C1.CS(=O)(=O)NCCC1CCN(c2cc(-c3cnc4ccc(C(F)F)nn34)ncn2)C1.FC(F)c1ccc2ncc(-c3cc(N4CCc5ccccc54)ncn3)n2n1.NC(=O)C1CN(c2cc(-c3cnc4ccc(C(F)F)nn34)ncn2)c2ccccc21. The molecule has 0 radical (unpaired) electrons. The van der Waals surface area contributed by atoms with E-state index in [-0.39, 0.29) is 40.3 Å². The number of anilines is 7. The molecule has 0 saturated carbocycles. The number of nitrogens with zero attached hydrogens (tertiary/aromatic N) is 30. The van der Waals surface area contributed by atoms with E-state index in [1.807, 2.05) is 52.3 Å². The van der Waals surface area contributed by atoms with E-state index in [4.69, 9.17) is 5.73 Å². The summed E-state index contributed by atoms with van der Waals surface area (Å²) in [6.07, 6.45) is 8.90. The highest BCUT2D eigenvalue weighted by molar-refractivity contribution is 7.91. The summed E-state index contributed by atoms with van der Waals surface area (Å²) in [6.45, 7) is 7.96. The zero-order valence-electron chi connectivity index (χ0n) is 77.3. The van der Waals surface area contributed by atoms with Gasteiger partial charge in [0.25, 0.3) is 32.1 Å². The second-order valence-corrected chi connectivity index (χ2v) is 40.7. The standard InChI is InChI=1S/C20H15F2N7O.C19H14F2N6.2C18H21F2N7O2S.C17H18F2N6O2S/c21-19(22)13-5-6-17-24-8-16(29(17)27-13)14-7-18(26-10-25-14)28-9-12(20(23)30)11-3-1-2-4-15(11)28;20-19(21)13-5-6-17-22-10-16(27(17)25-13)14-9-18(24-11-23-14)26-8-7-12-3-1-2-4-15(12)26;1-11-8-26(9-12(11)6-24-30(2,28)29)17-5-14(22-10-23-17)15-7-21-16-4-3-13(18(19)20)25-27(15)16;1-30(28,29)24-6-4-12-5-7-26(10-12)17-8-14(22-11-23-17)15-9-21-16-3-2-13(18(19)20)25-27(15)16;1-28(26,27)11-3-2-6-24(9-11)16-7-13(21-10-22-16)14-8-20-15-5-4-12(17(18)19)23-25(14)15/h1-8,10,12,19H,9H2,(H2,23,30);1-6,9-11,19H,7-8H2;3-5,7,10-12,18,24H,6,8-9H2,1-2H3;2-3,8-9,11-12,18,24H,4-7,10H2,1H3;4-5,7-8,10-11,17H,2-3,6,9H2,1H3. The van der Waals surface area contributed by atoms with E-state index in [1.165, 1.54) is 145 Å². The highest BCUT2D eigenvalue weighted by Gasteiger charge is 2.37. The molecule has 752 valence electrons. The Balaban J connectivity index is 0.000000119. The molecule has 5 aliphatic rings. The number of carbonyl (C=O) groups is 1. The molecule has 1 amide bonds. The summed E-state index contributed by atoms with van der Waals surface area (Å²) < 4.78 is 211. The third-order valence-electron chi connectivity index (χ3n) is 24.9. The molecule has 5 aliphatic heterocycles. The van der Waals surface area contributed by atoms with Crippen molar-refractivity contribution in [3.63, 3.8) is 0 Å². The molecule has 22 rings (SSSR count). The van der Waals surface area contributed by atoms with Crippen LogP contribution < -0.4 is 39.7 Å². The van der Waals surface area contributed by atoms with E-state index >= 15 is 0 Å². The van der Waals surface area contributed by atoms with Crippen LogP contribution in [0.5, 0.6) is 0 Å². The van der Waals surface area contributed by atoms with Crippen molar-refractivity contribution in [2.24, 2.45) is 23.5 Å². The van der Waals surface area contributed by atoms with Crippen molar-refractivity contribution in [1.82, 2.24) is 132 Å². The van der Waals surface area contributed by atoms with E-state index in [0.29, 0.717) is 161 Å². The van der Waals surface area contributed by atoms with Gasteiger partial charge in [0.15, 0.2) is 38.1 Å². The predicted octanol–water partition coefficient (Wildman–Crippen LogP) is 12.4. The molecule has 145 heavy (non-hydrogen) atoms. The molecule has 4 N–H and O–H groups in total. The number of alkyl halides is 10. The summed E-state index contributed by atoms with van der Waals surface area (Å²) in [5.41, 5.74) is 15.2. The normalized spacial score (nSPS) is 17.0. The van der Waals surface area contributed by atoms with E-state index in [1.54, 1.807) is 36.7 Å². The Morgan fingerprint density at radius 2 is 0.766 bits per heavy atom. The van der Waals surface area contributed by atoms with Gasteiger partial charge in [-0.05, 0) is 134 Å². The first-order valence-corrected chi connectivity index (χ1v) is 50.9. The van der Waals surface area contributed by atoms with Crippen molar-refractivity contribution >= 4 is 104 Å². The van der Waals surface area contributed by atoms with Crippen molar-refractivity contribution in [3.8, 4) is 56.9 Å². The zero-order chi connectivity index (χ0) is 102. The largest absolute Gasteiger partial charge is 0.369 e. The van der Waals surface area contributed by atoms with Gasteiger partial charge in [-0.3, -0.25) is 4.79 Å². The lowest BCUT2D eigenvalue weighted by Gasteiger charge is -2.32. The van der Waals surface area contributed by atoms with Crippen molar-refractivity contribution in [1.29, 1.82) is 0 Å². The van der Waals surface area contributed by atoms with Crippen LogP contribution in [0.2, 0.25) is 0 Å². The molecule has 0 aliphatic carbocycles. The molecule has 15 aromatic heterocycles. The van der Waals surface area contributed by atoms with Crippen LogP contribution >= 0.6 is 0 Å². The first-order chi connectivity index (χ1) is 69.6. The number of primary amides is 1. The van der Waals surface area contributed by atoms with E-state index in [9.17, 15) is 74.0 Å². The maximum Gasteiger partial charge on any atom is 0.282 e. The van der Waals surface area contributed by atoms with E-state index in [0.717, 1.165) is 86.4 Å². The molecule has 3 saturated heterocycles. The zero-order valence-corrected chi connectivity index (χ0v) is 79.7. The van der Waals surface area contributed by atoms with Crippen LogP contribution in [-0.2, 0) is 41.1 Å². The minimum Gasteiger partial charge on any atom is -0.369 e.